The summed E-state index contributed by atoms with van der Waals surface area (Å²) in [5.41, 5.74) is 3.86. The number of carbonyl (C=O) groups excluding carboxylic acids is 1. The standard InChI is InChI=1S/C17H14N2O/c1-12-5-4-6-13(11-12)9-10-16(20)17-18-14-7-2-3-8-15(14)19-17/h2-11H,1H3,(H,18,19)/b10-9+. The van der Waals surface area contributed by atoms with E-state index in [4.69, 9.17) is 0 Å². The molecule has 3 rings (SSSR count). The number of nitrogens with one attached hydrogen (secondary N) is 1. The van der Waals surface area contributed by atoms with Gasteiger partial charge in [0.25, 0.3) is 0 Å². The van der Waals surface area contributed by atoms with Gasteiger partial charge in [0.1, 0.15) is 0 Å². The first-order valence-corrected chi connectivity index (χ1v) is 6.46. The van der Waals surface area contributed by atoms with Gasteiger partial charge in [-0.15, -0.1) is 0 Å². The Morgan fingerprint density at radius 2 is 2.00 bits per heavy atom. The van der Waals surface area contributed by atoms with Gasteiger partial charge in [0, 0.05) is 0 Å². The maximum absolute atomic E-state index is 12.1. The molecular weight excluding hydrogens is 248 g/mol. The van der Waals surface area contributed by atoms with Crippen molar-refractivity contribution in [3.63, 3.8) is 0 Å². The number of hydrogen-bond acceptors (Lipinski definition) is 2. The van der Waals surface area contributed by atoms with Crippen molar-refractivity contribution in [1.29, 1.82) is 0 Å². The van der Waals surface area contributed by atoms with Crippen molar-refractivity contribution < 1.29 is 4.79 Å². The molecule has 98 valence electrons. The Bertz CT molecular complexity index is 766. The number of aromatic amines is 1. The first kappa shape index (κ1) is 12.4. The molecule has 3 nitrogen and oxygen atoms in total. The van der Waals surface area contributed by atoms with Crippen molar-refractivity contribution in [2.45, 2.75) is 6.92 Å². The number of benzene rings is 2. The van der Waals surface area contributed by atoms with Crippen molar-refractivity contribution in [3.05, 3.63) is 71.6 Å². The molecule has 0 atom stereocenters. The van der Waals surface area contributed by atoms with Crippen LogP contribution in [0.3, 0.4) is 0 Å². The molecule has 0 saturated carbocycles. The molecule has 2 aromatic carbocycles. The summed E-state index contributed by atoms with van der Waals surface area (Å²) >= 11 is 0. The quantitative estimate of drug-likeness (QED) is 0.577. The van der Waals surface area contributed by atoms with Gasteiger partial charge < -0.3 is 4.98 Å². The summed E-state index contributed by atoms with van der Waals surface area (Å²) in [6.07, 6.45) is 3.36. The molecule has 0 saturated heterocycles. The molecule has 1 heterocycles. The van der Waals surface area contributed by atoms with E-state index < -0.39 is 0 Å². The topological polar surface area (TPSA) is 45.8 Å². The van der Waals surface area contributed by atoms with E-state index in [1.54, 1.807) is 6.08 Å². The number of para-hydroxylation sites is 2. The van der Waals surface area contributed by atoms with E-state index >= 15 is 0 Å². The Morgan fingerprint density at radius 1 is 1.15 bits per heavy atom. The number of aromatic nitrogens is 2. The van der Waals surface area contributed by atoms with Crippen LogP contribution in [0.25, 0.3) is 17.1 Å². The van der Waals surface area contributed by atoms with Gasteiger partial charge >= 0.3 is 0 Å². The highest BCUT2D eigenvalue weighted by Crippen LogP contribution is 2.12. The number of hydrogen-bond donors (Lipinski definition) is 1. The molecule has 0 bridgehead atoms. The van der Waals surface area contributed by atoms with Crippen LogP contribution >= 0.6 is 0 Å². The smallest absolute Gasteiger partial charge is 0.221 e. The van der Waals surface area contributed by atoms with E-state index in [1.807, 2.05) is 61.5 Å². The van der Waals surface area contributed by atoms with Crippen LogP contribution in [0, 0.1) is 6.92 Å². The van der Waals surface area contributed by atoms with Crippen molar-refractivity contribution in [3.8, 4) is 0 Å². The van der Waals surface area contributed by atoms with Crippen LogP contribution in [0.1, 0.15) is 21.7 Å². The molecule has 0 amide bonds. The van der Waals surface area contributed by atoms with E-state index in [0.717, 1.165) is 16.6 Å². The van der Waals surface area contributed by atoms with Crippen LogP contribution in [-0.4, -0.2) is 15.8 Å². The fourth-order valence-electron chi connectivity index (χ4n) is 2.09. The molecule has 0 aliphatic heterocycles. The van der Waals surface area contributed by atoms with Crippen LogP contribution in [0.5, 0.6) is 0 Å². The minimum absolute atomic E-state index is 0.122. The molecule has 3 aromatic rings. The summed E-state index contributed by atoms with van der Waals surface area (Å²) in [5.74, 6) is 0.248. The number of aryl methyl sites for hydroxylation is 1. The second-order valence-corrected chi connectivity index (χ2v) is 4.71. The zero-order chi connectivity index (χ0) is 13.9. The van der Waals surface area contributed by atoms with Crippen LogP contribution in [0.4, 0.5) is 0 Å². The van der Waals surface area contributed by atoms with E-state index in [9.17, 15) is 4.79 Å². The summed E-state index contributed by atoms with van der Waals surface area (Å²) < 4.78 is 0. The van der Waals surface area contributed by atoms with Crippen LogP contribution in [0.15, 0.2) is 54.6 Å². The Kier molecular flexibility index (Phi) is 3.17. The monoisotopic (exact) mass is 262 g/mol. The lowest BCUT2D eigenvalue weighted by molar-refractivity contribution is 0.103. The van der Waals surface area contributed by atoms with Gasteiger partial charge in [0.2, 0.25) is 5.78 Å². The lowest BCUT2D eigenvalue weighted by Crippen LogP contribution is -1.96. The molecule has 0 unspecified atom stereocenters. The lowest BCUT2D eigenvalue weighted by atomic mass is 10.1. The highest BCUT2D eigenvalue weighted by atomic mass is 16.1. The first-order chi connectivity index (χ1) is 9.72. The minimum Gasteiger partial charge on any atom is -0.335 e. The lowest BCUT2D eigenvalue weighted by Gasteiger charge is -1.94. The minimum atomic E-state index is -0.122. The van der Waals surface area contributed by atoms with Crippen molar-refractivity contribution in [1.82, 2.24) is 9.97 Å². The molecule has 3 heteroatoms. The van der Waals surface area contributed by atoms with Gasteiger partial charge in [-0.3, -0.25) is 4.79 Å². The number of carbonyl (C=O) groups is 1. The Morgan fingerprint density at radius 3 is 2.80 bits per heavy atom. The summed E-state index contributed by atoms with van der Waals surface area (Å²) in [6.45, 7) is 2.03. The molecule has 0 fully saturated rings. The summed E-state index contributed by atoms with van der Waals surface area (Å²) in [7, 11) is 0. The molecule has 1 N–H and O–H groups in total. The Labute approximate surface area is 117 Å². The largest absolute Gasteiger partial charge is 0.335 e. The van der Waals surface area contributed by atoms with Gasteiger partial charge in [-0.1, -0.05) is 48.0 Å². The van der Waals surface area contributed by atoms with E-state index in [-0.39, 0.29) is 5.78 Å². The van der Waals surface area contributed by atoms with Gasteiger partial charge in [0.15, 0.2) is 5.82 Å². The second kappa shape index (κ2) is 5.13. The van der Waals surface area contributed by atoms with Crippen LogP contribution in [0.2, 0.25) is 0 Å². The third-order valence-corrected chi connectivity index (χ3v) is 3.09. The summed E-state index contributed by atoms with van der Waals surface area (Å²) in [4.78, 5) is 19.4. The molecule has 0 aliphatic rings. The molecule has 20 heavy (non-hydrogen) atoms. The Balaban J connectivity index is 1.85. The number of imidazole rings is 1. The normalized spacial score (nSPS) is 11.2. The highest BCUT2D eigenvalue weighted by Gasteiger charge is 2.07. The molecule has 1 aromatic heterocycles. The number of H-pyrrole nitrogens is 1. The SMILES string of the molecule is Cc1cccc(/C=C/C(=O)c2nc3ccccc3[nH]2)c1. The first-order valence-electron chi connectivity index (χ1n) is 6.46. The zero-order valence-electron chi connectivity index (χ0n) is 11.1. The second-order valence-electron chi connectivity index (χ2n) is 4.71. The average Bonchev–Trinajstić information content (AvgIpc) is 2.89. The van der Waals surface area contributed by atoms with Gasteiger partial charge in [-0.2, -0.15) is 0 Å². The van der Waals surface area contributed by atoms with Crippen molar-refractivity contribution >= 4 is 22.9 Å². The maximum atomic E-state index is 12.1. The Hall–Kier alpha value is -2.68. The van der Waals surface area contributed by atoms with Gasteiger partial charge in [-0.25, -0.2) is 4.98 Å². The maximum Gasteiger partial charge on any atom is 0.221 e. The fraction of sp³-hybridized carbons (Fsp3) is 0.0588. The van der Waals surface area contributed by atoms with Gasteiger partial charge in [-0.05, 0) is 30.7 Å². The summed E-state index contributed by atoms with van der Waals surface area (Å²) in [6, 6.07) is 15.6. The highest BCUT2D eigenvalue weighted by molar-refractivity contribution is 6.05. The van der Waals surface area contributed by atoms with E-state index in [1.165, 1.54) is 5.56 Å². The number of rotatable bonds is 3. The predicted octanol–water partition coefficient (Wildman–Crippen LogP) is 3.77. The number of allylic oxidation sites excluding steroid dienone is 1. The molecular formula is C17H14N2O. The molecule has 0 aliphatic carbocycles. The predicted molar refractivity (Wildman–Crippen MR) is 80.6 cm³/mol. The average molecular weight is 262 g/mol. The number of fused-ring (bicyclic) bond motifs is 1. The zero-order valence-corrected chi connectivity index (χ0v) is 11.1. The summed E-state index contributed by atoms with van der Waals surface area (Å²) in [5, 5.41) is 0. The third kappa shape index (κ3) is 2.52. The molecule has 0 spiro atoms. The van der Waals surface area contributed by atoms with E-state index in [0.29, 0.717) is 5.82 Å². The fourth-order valence-corrected chi connectivity index (χ4v) is 2.09. The van der Waals surface area contributed by atoms with Crippen molar-refractivity contribution in [2.24, 2.45) is 0 Å². The van der Waals surface area contributed by atoms with Crippen LogP contribution < -0.4 is 0 Å². The third-order valence-electron chi connectivity index (χ3n) is 3.09. The number of nitrogens with zero attached hydrogens (tertiary/aromatic N) is 1. The van der Waals surface area contributed by atoms with Crippen molar-refractivity contribution in [2.75, 3.05) is 0 Å². The number of ketones is 1. The molecule has 0 radical (unpaired) electrons. The van der Waals surface area contributed by atoms with E-state index in [2.05, 4.69) is 9.97 Å². The van der Waals surface area contributed by atoms with Crippen LogP contribution in [-0.2, 0) is 0 Å². The van der Waals surface area contributed by atoms with Gasteiger partial charge in [0.05, 0.1) is 11.0 Å².